The second-order valence-corrected chi connectivity index (χ2v) is 5.27. The van der Waals surface area contributed by atoms with E-state index in [0.29, 0.717) is 12.5 Å². The summed E-state index contributed by atoms with van der Waals surface area (Å²) in [5.74, 6) is 0.376. The lowest BCUT2D eigenvalue weighted by molar-refractivity contribution is -0.158. The normalized spacial score (nSPS) is 30.4. The zero-order valence-corrected chi connectivity index (χ0v) is 10.8. The molecule has 2 atom stereocenters. The highest BCUT2D eigenvalue weighted by atomic mass is 16.5. The molecule has 2 rings (SSSR count). The van der Waals surface area contributed by atoms with Crippen molar-refractivity contribution in [2.24, 2.45) is 5.92 Å². The Morgan fingerprint density at radius 2 is 2.12 bits per heavy atom. The van der Waals surface area contributed by atoms with Crippen LogP contribution in [0.1, 0.15) is 32.6 Å². The highest BCUT2D eigenvalue weighted by molar-refractivity contribution is 4.91. The molecule has 0 aromatic carbocycles. The van der Waals surface area contributed by atoms with Crippen LogP contribution in [-0.2, 0) is 9.47 Å². The largest absolute Gasteiger partial charge is 0.392 e. The Morgan fingerprint density at radius 3 is 2.82 bits per heavy atom. The quantitative estimate of drug-likeness (QED) is 0.771. The lowest BCUT2D eigenvalue weighted by Gasteiger charge is -2.44. The molecule has 0 radical (unpaired) electrons. The summed E-state index contributed by atoms with van der Waals surface area (Å²) in [7, 11) is 0. The van der Waals surface area contributed by atoms with E-state index in [0.717, 1.165) is 52.0 Å². The Kier molecular flexibility index (Phi) is 4.79. The first-order chi connectivity index (χ1) is 8.26. The average Bonchev–Trinajstić information content (AvgIpc) is 2.37. The number of ether oxygens (including phenoxy) is 2. The summed E-state index contributed by atoms with van der Waals surface area (Å²) in [6, 6.07) is 0. The van der Waals surface area contributed by atoms with Crippen molar-refractivity contribution in [3.8, 4) is 0 Å². The van der Waals surface area contributed by atoms with Crippen LogP contribution in [0.3, 0.4) is 0 Å². The second-order valence-electron chi connectivity index (χ2n) is 5.27. The molecular formula is C13H25NO3. The monoisotopic (exact) mass is 243 g/mol. The van der Waals surface area contributed by atoms with E-state index in [9.17, 15) is 5.11 Å². The average molecular weight is 243 g/mol. The van der Waals surface area contributed by atoms with Crippen molar-refractivity contribution in [3.05, 3.63) is 0 Å². The second kappa shape index (κ2) is 6.14. The van der Waals surface area contributed by atoms with Crippen LogP contribution < -0.4 is 5.32 Å². The third-order valence-corrected chi connectivity index (χ3v) is 4.08. The van der Waals surface area contributed by atoms with Gasteiger partial charge in [-0.05, 0) is 38.1 Å². The molecule has 4 nitrogen and oxygen atoms in total. The van der Waals surface area contributed by atoms with Gasteiger partial charge in [0.25, 0.3) is 0 Å². The molecule has 1 spiro atoms. The molecule has 0 aromatic heterocycles. The van der Waals surface area contributed by atoms with Gasteiger partial charge in [-0.25, -0.2) is 0 Å². The van der Waals surface area contributed by atoms with Crippen LogP contribution in [0.15, 0.2) is 0 Å². The first-order valence-electron chi connectivity index (χ1n) is 6.86. The Labute approximate surface area is 104 Å². The molecule has 0 saturated carbocycles. The maximum atomic E-state index is 10.2. The molecular weight excluding hydrogens is 218 g/mol. The minimum Gasteiger partial charge on any atom is -0.392 e. The van der Waals surface area contributed by atoms with E-state index in [1.165, 1.54) is 0 Å². The highest BCUT2D eigenvalue weighted by Gasteiger charge is 2.40. The van der Waals surface area contributed by atoms with Crippen LogP contribution >= 0.6 is 0 Å². The van der Waals surface area contributed by atoms with Crippen LogP contribution in [0.25, 0.3) is 0 Å². The van der Waals surface area contributed by atoms with E-state index in [1.54, 1.807) is 0 Å². The van der Waals surface area contributed by atoms with Gasteiger partial charge in [-0.1, -0.05) is 6.92 Å². The first-order valence-corrected chi connectivity index (χ1v) is 6.86. The third-order valence-electron chi connectivity index (χ3n) is 4.08. The summed E-state index contributed by atoms with van der Waals surface area (Å²) in [5, 5.41) is 13.4. The van der Waals surface area contributed by atoms with Crippen molar-refractivity contribution >= 4 is 0 Å². The molecule has 2 unspecified atom stereocenters. The maximum Gasteiger partial charge on any atom is 0.0730 e. The molecule has 0 aromatic rings. The van der Waals surface area contributed by atoms with E-state index >= 15 is 0 Å². The highest BCUT2D eigenvalue weighted by Crippen LogP contribution is 2.38. The summed E-state index contributed by atoms with van der Waals surface area (Å²) in [4.78, 5) is 0. The molecule has 0 aliphatic carbocycles. The first kappa shape index (κ1) is 13.3. The van der Waals surface area contributed by atoms with Crippen LogP contribution in [0.5, 0.6) is 0 Å². The van der Waals surface area contributed by atoms with E-state index < -0.39 is 0 Å². The smallest absolute Gasteiger partial charge is 0.0730 e. The molecule has 2 N–H and O–H groups in total. The number of rotatable bonds is 4. The van der Waals surface area contributed by atoms with Crippen LogP contribution in [0.4, 0.5) is 0 Å². The molecule has 100 valence electrons. The van der Waals surface area contributed by atoms with Crippen molar-refractivity contribution in [1.29, 1.82) is 0 Å². The molecule has 2 saturated heterocycles. The van der Waals surface area contributed by atoms with Gasteiger partial charge in [-0.15, -0.1) is 0 Å². The van der Waals surface area contributed by atoms with Gasteiger partial charge in [0.05, 0.1) is 11.7 Å². The molecule has 2 aliphatic heterocycles. The Balaban J connectivity index is 1.87. The molecule has 4 heteroatoms. The van der Waals surface area contributed by atoms with Crippen LogP contribution in [-0.4, -0.2) is 49.7 Å². The minimum absolute atomic E-state index is 0.00559. The van der Waals surface area contributed by atoms with Gasteiger partial charge in [0.2, 0.25) is 0 Å². The molecule has 2 aliphatic rings. The summed E-state index contributed by atoms with van der Waals surface area (Å²) in [5.41, 5.74) is -0.00559. The number of aliphatic hydroxyl groups excluding tert-OH is 1. The van der Waals surface area contributed by atoms with Gasteiger partial charge < -0.3 is 19.9 Å². The summed E-state index contributed by atoms with van der Waals surface area (Å²) >= 11 is 0. The molecule has 0 bridgehead atoms. The van der Waals surface area contributed by atoms with Crippen LogP contribution in [0, 0.1) is 5.92 Å². The van der Waals surface area contributed by atoms with Crippen molar-refractivity contribution in [3.63, 3.8) is 0 Å². The van der Waals surface area contributed by atoms with Crippen molar-refractivity contribution in [2.75, 3.05) is 32.9 Å². The number of likely N-dealkylation sites (N-methyl/N-ethyl adjacent to an activating group) is 1. The number of hydrogen-bond donors (Lipinski definition) is 2. The fraction of sp³-hybridized carbons (Fsp3) is 1.00. The van der Waals surface area contributed by atoms with Gasteiger partial charge in [-0.2, -0.15) is 0 Å². The topological polar surface area (TPSA) is 50.7 Å². The summed E-state index contributed by atoms with van der Waals surface area (Å²) < 4.78 is 11.4. The molecule has 2 heterocycles. The fourth-order valence-electron chi connectivity index (χ4n) is 2.94. The number of nitrogens with one attached hydrogen (secondary N) is 1. The van der Waals surface area contributed by atoms with Gasteiger partial charge in [0, 0.05) is 26.4 Å². The summed E-state index contributed by atoms with van der Waals surface area (Å²) in [6.45, 7) is 6.07. The van der Waals surface area contributed by atoms with Crippen molar-refractivity contribution in [1.82, 2.24) is 5.32 Å². The Morgan fingerprint density at radius 1 is 1.35 bits per heavy atom. The third kappa shape index (κ3) is 3.41. The maximum absolute atomic E-state index is 10.2. The van der Waals surface area contributed by atoms with Crippen LogP contribution in [0.2, 0.25) is 0 Å². The predicted molar refractivity (Wildman–Crippen MR) is 66.0 cm³/mol. The number of aliphatic hydroxyl groups is 1. The van der Waals surface area contributed by atoms with Gasteiger partial charge in [0.15, 0.2) is 0 Å². The van der Waals surface area contributed by atoms with Gasteiger partial charge in [-0.3, -0.25) is 0 Å². The van der Waals surface area contributed by atoms with E-state index in [-0.39, 0.29) is 11.7 Å². The summed E-state index contributed by atoms with van der Waals surface area (Å²) in [6.07, 6.45) is 3.70. The lowest BCUT2D eigenvalue weighted by Crippen LogP contribution is -2.48. The van der Waals surface area contributed by atoms with E-state index in [1.807, 2.05) is 0 Å². The zero-order chi connectivity index (χ0) is 12.1. The molecule has 2 fully saturated rings. The van der Waals surface area contributed by atoms with E-state index in [4.69, 9.17) is 9.47 Å². The minimum atomic E-state index is -0.237. The van der Waals surface area contributed by atoms with E-state index in [2.05, 4.69) is 12.2 Å². The fourth-order valence-corrected chi connectivity index (χ4v) is 2.94. The Bertz CT molecular complexity index is 223. The SMILES string of the molecule is CCNCC(O)C1CCOC2(CCOCC2)C1. The standard InChI is InChI=1S/C13H25NO3/c1-2-14-10-12(15)11-3-6-17-13(9-11)4-7-16-8-5-13/h11-12,14-15H,2-10H2,1H3. The zero-order valence-electron chi connectivity index (χ0n) is 10.8. The van der Waals surface area contributed by atoms with Gasteiger partial charge in [0.1, 0.15) is 0 Å². The van der Waals surface area contributed by atoms with Gasteiger partial charge >= 0.3 is 0 Å². The molecule has 17 heavy (non-hydrogen) atoms. The number of hydrogen-bond acceptors (Lipinski definition) is 4. The van der Waals surface area contributed by atoms with Crippen molar-refractivity contribution in [2.45, 2.75) is 44.3 Å². The van der Waals surface area contributed by atoms with Crippen molar-refractivity contribution < 1.29 is 14.6 Å². The predicted octanol–water partition coefficient (Wildman–Crippen LogP) is 0.933. The Hall–Kier alpha value is -0.160. The molecule has 0 amide bonds. The lowest BCUT2D eigenvalue weighted by atomic mass is 9.78.